The summed E-state index contributed by atoms with van der Waals surface area (Å²) in [6, 6.07) is 4.78. The van der Waals surface area contributed by atoms with Crippen molar-refractivity contribution in [3.63, 3.8) is 0 Å². The molecule has 11 heavy (non-hydrogen) atoms. The van der Waals surface area contributed by atoms with E-state index in [1.165, 1.54) is 6.07 Å². The number of hydrogen-bond donors (Lipinski definition) is 0. The van der Waals surface area contributed by atoms with E-state index in [2.05, 4.69) is 15.9 Å². The summed E-state index contributed by atoms with van der Waals surface area (Å²) in [6.07, 6.45) is 0.875. The molecule has 0 aliphatic rings. The van der Waals surface area contributed by atoms with Crippen LogP contribution >= 0.6 is 27.5 Å². The Morgan fingerprint density at radius 1 is 1.45 bits per heavy atom. The average molecular weight is 237 g/mol. The van der Waals surface area contributed by atoms with Gasteiger partial charge in [0.25, 0.3) is 0 Å². The second kappa shape index (κ2) is 4.07. The third-order valence-corrected chi connectivity index (χ3v) is 2.05. The van der Waals surface area contributed by atoms with Crippen LogP contribution in [0, 0.1) is 5.82 Å². The summed E-state index contributed by atoms with van der Waals surface area (Å²) < 4.78 is 12.6. The third-order valence-electron chi connectivity index (χ3n) is 1.37. The third kappa shape index (κ3) is 2.46. The largest absolute Gasteiger partial charge is 0.205 e. The van der Waals surface area contributed by atoms with Gasteiger partial charge in [0.15, 0.2) is 0 Å². The molecular weight excluding hydrogens is 230 g/mol. The van der Waals surface area contributed by atoms with Crippen molar-refractivity contribution >= 4 is 27.5 Å². The van der Waals surface area contributed by atoms with Crippen LogP contribution in [0.1, 0.15) is 5.56 Å². The number of aryl methyl sites for hydroxylation is 1. The van der Waals surface area contributed by atoms with Crippen LogP contribution in [0.2, 0.25) is 5.02 Å². The van der Waals surface area contributed by atoms with E-state index in [1.807, 2.05) is 0 Å². The summed E-state index contributed by atoms with van der Waals surface area (Å²) in [5, 5.41) is 1.07. The van der Waals surface area contributed by atoms with Crippen molar-refractivity contribution in [2.45, 2.75) is 6.42 Å². The fourth-order valence-corrected chi connectivity index (χ4v) is 1.47. The Morgan fingerprint density at radius 2 is 2.18 bits per heavy atom. The van der Waals surface area contributed by atoms with Gasteiger partial charge in [-0.15, -0.1) is 0 Å². The summed E-state index contributed by atoms with van der Waals surface area (Å²) in [5.41, 5.74) is 1.05. The van der Waals surface area contributed by atoms with Crippen LogP contribution in [0.25, 0.3) is 0 Å². The molecule has 0 saturated carbocycles. The molecule has 0 amide bonds. The molecule has 0 N–H and O–H groups in total. The summed E-state index contributed by atoms with van der Waals surface area (Å²) in [5.74, 6) is -0.356. The van der Waals surface area contributed by atoms with Crippen LogP contribution in [0.3, 0.4) is 0 Å². The highest BCUT2D eigenvalue weighted by atomic mass is 79.9. The number of halogens is 3. The Hall–Kier alpha value is -0.0800. The first kappa shape index (κ1) is 9.01. The van der Waals surface area contributed by atoms with Crippen molar-refractivity contribution in [3.05, 3.63) is 34.6 Å². The minimum absolute atomic E-state index is 0.198. The zero-order valence-corrected chi connectivity index (χ0v) is 8.12. The molecule has 0 saturated heterocycles. The van der Waals surface area contributed by atoms with Crippen molar-refractivity contribution in [1.29, 1.82) is 0 Å². The minimum Gasteiger partial charge on any atom is -0.205 e. The van der Waals surface area contributed by atoms with E-state index in [4.69, 9.17) is 11.6 Å². The average Bonchev–Trinajstić information content (AvgIpc) is 1.98. The molecule has 1 rings (SSSR count). The van der Waals surface area contributed by atoms with E-state index in [1.54, 1.807) is 12.1 Å². The van der Waals surface area contributed by atoms with E-state index in [-0.39, 0.29) is 10.8 Å². The van der Waals surface area contributed by atoms with E-state index < -0.39 is 0 Å². The number of rotatable bonds is 2. The van der Waals surface area contributed by atoms with Crippen LogP contribution in [-0.2, 0) is 6.42 Å². The Balaban J connectivity index is 2.86. The summed E-state index contributed by atoms with van der Waals surface area (Å²) >= 11 is 8.85. The van der Waals surface area contributed by atoms with Gasteiger partial charge >= 0.3 is 0 Å². The second-order valence-corrected chi connectivity index (χ2v) is 3.39. The number of benzene rings is 1. The molecule has 0 aromatic heterocycles. The van der Waals surface area contributed by atoms with Crippen molar-refractivity contribution in [2.75, 3.05) is 5.33 Å². The number of hydrogen-bond acceptors (Lipinski definition) is 0. The van der Waals surface area contributed by atoms with Crippen LogP contribution in [-0.4, -0.2) is 5.33 Å². The monoisotopic (exact) mass is 236 g/mol. The van der Waals surface area contributed by atoms with Crippen LogP contribution in [0.15, 0.2) is 18.2 Å². The minimum atomic E-state index is -0.356. The van der Waals surface area contributed by atoms with Gasteiger partial charge in [-0.1, -0.05) is 33.6 Å². The fourth-order valence-electron chi connectivity index (χ4n) is 0.804. The van der Waals surface area contributed by atoms with Gasteiger partial charge in [-0.05, 0) is 24.1 Å². The van der Waals surface area contributed by atoms with Crippen molar-refractivity contribution in [3.8, 4) is 0 Å². The van der Waals surface area contributed by atoms with Crippen LogP contribution < -0.4 is 0 Å². The molecule has 0 heterocycles. The maximum atomic E-state index is 12.6. The van der Waals surface area contributed by atoms with Gasteiger partial charge in [0, 0.05) is 5.33 Å². The smallest absolute Gasteiger partial charge is 0.141 e. The highest BCUT2D eigenvalue weighted by Crippen LogP contribution is 2.16. The van der Waals surface area contributed by atoms with Gasteiger partial charge < -0.3 is 0 Å². The quantitative estimate of drug-likeness (QED) is 0.692. The standard InChI is InChI=1S/C8H7BrClF/c9-4-3-6-1-2-8(11)7(10)5-6/h1-2,5H,3-4H2. The Kier molecular flexibility index (Phi) is 3.34. The first-order chi connectivity index (χ1) is 5.24. The molecule has 0 aliphatic heterocycles. The van der Waals surface area contributed by atoms with Gasteiger partial charge in [0.2, 0.25) is 0 Å². The molecular formula is C8H7BrClF. The lowest BCUT2D eigenvalue weighted by Gasteiger charge is -1.98. The van der Waals surface area contributed by atoms with Crippen molar-refractivity contribution in [1.82, 2.24) is 0 Å². The normalized spacial score (nSPS) is 10.1. The van der Waals surface area contributed by atoms with E-state index >= 15 is 0 Å². The lowest BCUT2D eigenvalue weighted by Crippen LogP contribution is -1.86. The Morgan fingerprint density at radius 3 is 2.73 bits per heavy atom. The fraction of sp³-hybridized carbons (Fsp3) is 0.250. The topological polar surface area (TPSA) is 0 Å². The molecule has 0 aliphatic carbocycles. The van der Waals surface area contributed by atoms with Crippen molar-refractivity contribution < 1.29 is 4.39 Å². The van der Waals surface area contributed by atoms with Gasteiger partial charge in [0.1, 0.15) is 5.82 Å². The lowest BCUT2D eigenvalue weighted by atomic mass is 10.2. The van der Waals surface area contributed by atoms with Gasteiger partial charge in [0.05, 0.1) is 5.02 Å². The first-order valence-electron chi connectivity index (χ1n) is 3.24. The van der Waals surface area contributed by atoms with E-state index in [0.29, 0.717) is 0 Å². The van der Waals surface area contributed by atoms with Crippen molar-refractivity contribution in [2.24, 2.45) is 0 Å². The highest BCUT2D eigenvalue weighted by Gasteiger charge is 1.99. The Bertz CT molecular complexity index is 250. The molecule has 0 fully saturated rings. The molecule has 0 unspecified atom stereocenters. The molecule has 60 valence electrons. The SMILES string of the molecule is Fc1ccc(CCBr)cc1Cl. The maximum Gasteiger partial charge on any atom is 0.141 e. The molecule has 1 aromatic carbocycles. The molecule has 0 bridgehead atoms. The van der Waals surface area contributed by atoms with Crippen LogP contribution in [0.5, 0.6) is 0 Å². The molecule has 0 atom stereocenters. The number of alkyl halides is 1. The van der Waals surface area contributed by atoms with E-state index in [0.717, 1.165) is 17.3 Å². The predicted molar refractivity (Wildman–Crippen MR) is 48.9 cm³/mol. The maximum absolute atomic E-state index is 12.6. The second-order valence-electron chi connectivity index (χ2n) is 2.19. The van der Waals surface area contributed by atoms with Gasteiger partial charge in [-0.2, -0.15) is 0 Å². The first-order valence-corrected chi connectivity index (χ1v) is 4.74. The van der Waals surface area contributed by atoms with Crippen LogP contribution in [0.4, 0.5) is 4.39 Å². The molecule has 0 nitrogen and oxygen atoms in total. The highest BCUT2D eigenvalue weighted by molar-refractivity contribution is 9.09. The molecule has 1 aromatic rings. The lowest BCUT2D eigenvalue weighted by molar-refractivity contribution is 0.627. The molecule has 3 heteroatoms. The van der Waals surface area contributed by atoms with E-state index in [9.17, 15) is 4.39 Å². The zero-order valence-electron chi connectivity index (χ0n) is 5.78. The summed E-state index contributed by atoms with van der Waals surface area (Å²) in [4.78, 5) is 0. The molecule has 0 radical (unpaired) electrons. The Labute approximate surface area is 78.5 Å². The van der Waals surface area contributed by atoms with Gasteiger partial charge in [-0.25, -0.2) is 4.39 Å². The predicted octanol–water partition coefficient (Wildman–Crippen LogP) is 3.42. The van der Waals surface area contributed by atoms with Gasteiger partial charge in [-0.3, -0.25) is 0 Å². The summed E-state index contributed by atoms with van der Waals surface area (Å²) in [7, 11) is 0. The zero-order chi connectivity index (χ0) is 8.27. The summed E-state index contributed by atoms with van der Waals surface area (Å²) in [6.45, 7) is 0. The molecule has 0 spiro atoms.